The highest BCUT2D eigenvalue weighted by Crippen LogP contribution is 2.10. The van der Waals surface area contributed by atoms with Crippen LogP contribution in [0.25, 0.3) is 0 Å². The molecule has 0 aliphatic carbocycles. The van der Waals surface area contributed by atoms with E-state index >= 15 is 0 Å². The van der Waals surface area contributed by atoms with Gasteiger partial charge in [-0.05, 0) is 31.4 Å². The lowest BCUT2D eigenvalue weighted by Crippen LogP contribution is -2.38. The lowest BCUT2D eigenvalue weighted by molar-refractivity contribution is 0.254. The molecule has 8 heteroatoms. The standard InChI is InChI=1S/C25H35N7.HI/c1-4-26-25(28-18-24-30-29-21(2)31(24)3)27-16-11-17-32(19-22-12-7-5-8-13-22)20-23-14-9-6-10-15-23;/h5-10,12-15H,4,11,16-20H2,1-3H3,(H2,26,27,28);1H. The maximum Gasteiger partial charge on any atom is 0.191 e. The predicted molar refractivity (Wildman–Crippen MR) is 146 cm³/mol. The first-order valence-corrected chi connectivity index (χ1v) is 11.3. The minimum absolute atomic E-state index is 0. The molecule has 2 N–H and O–H groups in total. The average Bonchev–Trinajstić information content (AvgIpc) is 3.13. The molecular formula is C25H36IN7. The van der Waals surface area contributed by atoms with E-state index in [4.69, 9.17) is 0 Å². The first-order chi connectivity index (χ1) is 15.7. The Kier molecular flexibility index (Phi) is 11.9. The molecule has 178 valence electrons. The van der Waals surface area contributed by atoms with E-state index in [0.29, 0.717) is 6.54 Å². The molecule has 0 amide bonds. The molecule has 0 atom stereocenters. The maximum absolute atomic E-state index is 4.67. The van der Waals surface area contributed by atoms with Crippen LogP contribution in [0.4, 0.5) is 0 Å². The van der Waals surface area contributed by atoms with Crippen molar-refractivity contribution in [3.8, 4) is 0 Å². The van der Waals surface area contributed by atoms with Crippen molar-refractivity contribution in [3.63, 3.8) is 0 Å². The van der Waals surface area contributed by atoms with E-state index < -0.39 is 0 Å². The SMILES string of the molecule is CCNC(=NCc1nnc(C)n1C)NCCCN(Cc1ccccc1)Cc1ccccc1.I. The number of aliphatic imine (C=N–C) groups is 1. The molecule has 0 unspecified atom stereocenters. The van der Waals surface area contributed by atoms with Crippen LogP contribution in [0, 0.1) is 6.92 Å². The van der Waals surface area contributed by atoms with Gasteiger partial charge >= 0.3 is 0 Å². The van der Waals surface area contributed by atoms with Gasteiger partial charge in [-0.3, -0.25) is 4.90 Å². The van der Waals surface area contributed by atoms with Gasteiger partial charge in [-0.15, -0.1) is 34.2 Å². The van der Waals surface area contributed by atoms with E-state index in [9.17, 15) is 0 Å². The molecule has 0 aliphatic heterocycles. The predicted octanol–water partition coefficient (Wildman–Crippen LogP) is 3.89. The molecule has 0 fully saturated rings. The van der Waals surface area contributed by atoms with Crippen LogP contribution >= 0.6 is 24.0 Å². The van der Waals surface area contributed by atoms with E-state index in [1.165, 1.54) is 11.1 Å². The van der Waals surface area contributed by atoms with Crippen molar-refractivity contribution in [1.82, 2.24) is 30.3 Å². The molecule has 0 saturated carbocycles. The fourth-order valence-electron chi connectivity index (χ4n) is 3.49. The molecule has 0 bridgehead atoms. The van der Waals surface area contributed by atoms with Gasteiger partial charge in [0.05, 0.1) is 0 Å². The second-order valence-electron chi connectivity index (χ2n) is 7.88. The molecular weight excluding hydrogens is 525 g/mol. The normalized spacial score (nSPS) is 11.3. The molecule has 33 heavy (non-hydrogen) atoms. The molecule has 2 aromatic carbocycles. The van der Waals surface area contributed by atoms with Crippen LogP contribution in [-0.2, 0) is 26.7 Å². The zero-order chi connectivity index (χ0) is 22.6. The first-order valence-electron chi connectivity index (χ1n) is 11.3. The van der Waals surface area contributed by atoms with Crippen molar-refractivity contribution >= 4 is 29.9 Å². The third-order valence-corrected chi connectivity index (χ3v) is 5.35. The number of aromatic nitrogens is 3. The number of hydrogen-bond donors (Lipinski definition) is 2. The van der Waals surface area contributed by atoms with Gasteiger partial charge in [0.25, 0.3) is 0 Å². The summed E-state index contributed by atoms with van der Waals surface area (Å²) in [6, 6.07) is 21.3. The number of nitrogens with zero attached hydrogens (tertiary/aromatic N) is 5. The van der Waals surface area contributed by atoms with Crippen LogP contribution in [0.5, 0.6) is 0 Å². The van der Waals surface area contributed by atoms with Gasteiger partial charge in [-0.1, -0.05) is 60.7 Å². The third kappa shape index (κ3) is 9.13. The number of rotatable bonds is 11. The van der Waals surface area contributed by atoms with E-state index in [1.54, 1.807) is 0 Å². The topological polar surface area (TPSA) is 70.4 Å². The number of benzene rings is 2. The Labute approximate surface area is 214 Å². The molecule has 7 nitrogen and oxygen atoms in total. The van der Waals surface area contributed by atoms with Crippen molar-refractivity contribution in [3.05, 3.63) is 83.4 Å². The highest BCUT2D eigenvalue weighted by Gasteiger charge is 2.08. The van der Waals surface area contributed by atoms with Gasteiger partial charge < -0.3 is 15.2 Å². The summed E-state index contributed by atoms with van der Waals surface area (Å²) in [5, 5.41) is 15.1. The lowest BCUT2D eigenvalue weighted by Gasteiger charge is -2.23. The van der Waals surface area contributed by atoms with Gasteiger partial charge in [-0.25, -0.2) is 4.99 Å². The Morgan fingerprint density at radius 2 is 1.55 bits per heavy atom. The van der Waals surface area contributed by atoms with Crippen LogP contribution in [0.15, 0.2) is 65.7 Å². The van der Waals surface area contributed by atoms with Gasteiger partial charge in [0.1, 0.15) is 12.4 Å². The summed E-state index contributed by atoms with van der Waals surface area (Å²) >= 11 is 0. The Hall–Kier alpha value is -2.46. The summed E-state index contributed by atoms with van der Waals surface area (Å²) < 4.78 is 1.97. The summed E-state index contributed by atoms with van der Waals surface area (Å²) in [4.78, 5) is 7.17. The Morgan fingerprint density at radius 1 is 0.939 bits per heavy atom. The number of nitrogens with one attached hydrogen (secondary N) is 2. The molecule has 1 aromatic heterocycles. The van der Waals surface area contributed by atoms with Crippen molar-refractivity contribution < 1.29 is 0 Å². The summed E-state index contributed by atoms with van der Waals surface area (Å²) in [6.07, 6.45) is 1.02. The Bertz CT molecular complexity index is 916. The van der Waals surface area contributed by atoms with E-state index in [-0.39, 0.29) is 24.0 Å². The summed E-state index contributed by atoms with van der Waals surface area (Å²) in [6.45, 7) is 9.07. The van der Waals surface area contributed by atoms with Crippen molar-refractivity contribution in [1.29, 1.82) is 0 Å². The minimum atomic E-state index is 0. The van der Waals surface area contributed by atoms with E-state index in [2.05, 4.69) is 98.3 Å². The molecule has 1 heterocycles. The molecule has 0 radical (unpaired) electrons. The molecule has 3 aromatic rings. The number of aryl methyl sites for hydroxylation is 1. The summed E-state index contributed by atoms with van der Waals surface area (Å²) in [7, 11) is 1.97. The minimum Gasteiger partial charge on any atom is -0.357 e. The number of halogens is 1. The highest BCUT2D eigenvalue weighted by molar-refractivity contribution is 14.0. The van der Waals surface area contributed by atoms with Crippen molar-refractivity contribution in [2.24, 2.45) is 12.0 Å². The summed E-state index contributed by atoms with van der Waals surface area (Å²) in [5.74, 6) is 2.56. The second-order valence-corrected chi connectivity index (χ2v) is 7.88. The van der Waals surface area contributed by atoms with Gasteiger partial charge in [0, 0.05) is 39.8 Å². The van der Waals surface area contributed by atoms with Crippen molar-refractivity contribution in [2.45, 2.75) is 39.9 Å². The Balaban J connectivity index is 0.00000385. The fraction of sp³-hybridized carbons (Fsp3) is 0.400. The van der Waals surface area contributed by atoms with E-state index in [1.807, 2.05) is 18.5 Å². The molecule has 0 saturated heterocycles. The van der Waals surface area contributed by atoms with Crippen LogP contribution in [0.1, 0.15) is 36.1 Å². The summed E-state index contributed by atoms with van der Waals surface area (Å²) in [5.41, 5.74) is 2.68. The Morgan fingerprint density at radius 3 is 2.06 bits per heavy atom. The fourth-order valence-corrected chi connectivity index (χ4v) is 3.49. The quantitative estimate of drug-likeness (QED) is 0.161. The maximum atomic E-state index is 4.67. The van der Waals surface area contributed by atoms with Gasteiger partial charge in [0.2, 0.25) is 0 Å². The zero-order valence-electron chi connectivity index (χ0n) is 19.9. The van der Waals surface area contributed by atoms with E-state index in [0.717, 1.165) is 56.8 Å². The average molecular weight is 562 g/mol. The third-order valence-electron chi connectivity index (χ3n) is 5.35. The van der Waals surface area contributed by atoms with Crippen LogP contribution in [0.3, 0.4) is 0 Å². The number of hydrogen-bond acceptors (Lipinski definition) is 4. The van der Waals surface area contributed by atoms with Crippen molar-refractivity contribution in [2.75, 3.05) is 19.6 Å². The van der Waals surface area contributed by atoms with Gasteiger partial charge in [0.15, 0.2) is 11.8 Å². The molecule has 3 rings (SSSR count). The number of guanidine groups is 1. The first kappa shape index (κ1) is 26.8. The van der Waals surface area contributed by atoms with Crippen LogP contribution < -0.4 is 10.6 Å². The lowest BCUT2D eigenvalue weighted by atomic mass is 10.1. The molecule has 0 aliphatic rings. The largest absolute Gasteiger partial charge is 0.357 e. The molecule has 0 spiro atoms. The smallest absolute Gasteiger partial charge is 0.191 e. The monoisotopic (exact) mass is 561 g/mol. The zero-order valence-corrected chi connectivity index (χ0v) is 22.2. The van der Waals surface area contributed by atoms with Gasteiger partial charge in [-0.2, -0.15) is 0 Å². The van der Waals surface area contributed by atoms with Crippen LogP contribution in [-0.4, -0.2) is 45.3 Å². The van der Waals surface area contributed by atoms with Crippen LogP contribution in [0.2, 0.25) is 0 Å². The second kappa shape index (κ2) is 14.6. The highest BCUT2D eigenvalue weighted by atomic mass is 127.